The first-order valence-electron chi connectivity index (χ1n) is 3.79. The zero-order chi connectivity index (χ0) is 8.97. The summed E-state index contributed by atoms with van der Waals surface area (Å²) in [4.78, 5) is 0. The summed E-state index contributed by atoms with van der Waals surface area (Å²) in [7, 11) is 0. The van der Waals surface area contributed by atoms with Gasteiger partial charge in [0.15, 0.2) is 5.65 Å². The van der Waals surface area contributed by atoms with Crippen molar-refractivity contribution < 1.29 is 0 Å². The van der Waals surface area contributed by atoms with Crippen LogP contribution < -0.4 is 5.73 Å². The number of hydrogen-bond acceptors (Lipinski definition) is 4. The van der Waals surface area contributed by atoms with Crippen LogP contribution >= 0.6 is 0 Å². The number of hydrogen-bond donors (Lipinski definition) is 1. The van der Waals surface area contributed by atoms with Crippen molar-refractivity contribution in [2.45, 2.75) is 13.8 Å². The lowest BCUT2D eigenvalue weighted by atomic mass is 10.5. The highest BCUT2D eigenvalue weighted by atomic mass is 15.3. The molecule has 0 aromatic carbocycles. The van der Waals surface area contributed by atoms with Gasteiger partial charge in [-0.1, -0.05) is 13.8 Å². The first kappa shape index (κ1) is 8.45. The molecule has 5 nitrogen and oxygen atoms in total. The molecule has 0 amide bonds. The van der Waals surface area contributed by atoms with E-state index in [0.717, 1.165) is 0 Å². The van der Waals surface area contributed by atoms with Crippen LogP contribution in [0.5, 0.6) is 0 Å². The van der Waals surface area contributed by atoms with Gasteiger partial charge in [0.2, 0.25) is 0 Å². The molecule has 0 unspecified atom stereocenters. The third-order valence-corrected chi connectivity index (χ3v) is 1.18. The Hall–Kier alpha value is -1.65. The normalized spacial score (nSPS) is 9.17. The summed E-state index contributed by atoms with van der Waals surface area (Å²) < 4.78 is 1.52. The minimum Gasteiger partial charge on any atom is -0.382 e. The SMILES string of the molecule is CC.Nc1ccc2nncn2n1. The third-order valence-electron chi connectivity index (χ3n) is 1.18. The second-order valence-corrected chi connectivity index (χ2v) is 1.89. The van der Waals surface area contributed by atoms with E-state index in [1.807, 2.05) is 13.8 Å². The van der Waals surface area contributed by atoms with E-state index in [4.69, 9.17) is 5.73 Å². The standard InChI is InChI=1S/C5H5N5.C2H6/c6-4-1-2-5-8-7-3-10(5)9-4;1-2/h1-3H,(H2,6,9);1-2H3. The molecule has 0 aliphatic rings. The molecule has 0 saturated carbocycles. The number of nitrogens with two attached hydrogens (primary N) is 1. The molecular formula is C7H11N5. The summed E-state index contributed by atoms with van der Waals surface area (Å²) in [6.07, 6.45) is 1.51. The summed E-state index contributed by atoms with van der Waals surface area (Å²) in [5.74, 6) is 0.465. The van der Waals surface area contributed by atoms with E-state index in [1.165, 1.54) is 10.8 Å². The molecule has 12 heavy (non-hydrogen) atoms. The molecule has 0 radical (unpaired) electrons. The Labute approximate surface area is 70.2 Å². The Morgan fingerprint density at radius 2 is 2.08 bits per heavy atom. The third kappa shape index (κ3) is 1.50. The molecule has 0 aliphatic heterocycles. The van der Waals surface area contributed by atoms with Crippen LogP contribution in [0.25, 0.3) is 5.65 Å². The van der Waals surface area contributed by atoms with E-state index < -0.39 is 0 Å². The van der Waals surface area contributed by atoms with Gasteiger partial charge in [-0.3, -0.25) is 0 Å². The molecule has 2 rings (SSSR count). The van der Waals surface area contributed by atoms with Crippen LogP contribution in [-0.2, 0) is 0 Å². The Morgan fingerprint density at radius 1 is 1.33 bits per heavy atom. The Balaban J connectivity index is 0.000000336. The highest BCUT2D eigenvalue weighted by Crippen LogP contribution is 1.98. The van der Waals surface area contributed by atoms with Gasteiger partial charge in [-0.05, 0) is 12.1 Å². The topological polar surface area (TPSA) is 69.1 Å². The minimum absolute atomic E-state index is 0.465. The van der Waals surface area contributed by atoms with Crippen molar-refractivity contribution in [3.05, 3.63) is 18.5 Å². The minimum atomic E-state index is 0.465. The predicted octanol–water partition coefficient (Wildman–Crippen LogP) is 0.733. The lowest BCUT2D eigenvalue weighted by Gasteiger charge is -1.90. The van der Waals surface area contributed by atoms with Crippen LogP contribution in [0, 0.1) is 0 Å². The number of nitrogen functional groups attached to an aromatic ring is 1. The molecule has 0 atom stereocenters. The van der Waals surface area contributed by atoms with Gasteiger partial charge in [0.05, 0.1) is 0 Å². The molecule has 0 aliphatic carbocycles. The van der Waals surface area contributed by atoms with Gasteiger partial charge in [0, 0.05) is 0 Å². The molecule has 2 aromatic heterocycles. The average Bonchev–Trinajstić information content (AvgIpc) is 2.54. The maximum atomic E-state index is 5.40. The predicted molar refractivity (Wildman–Crippen MR) is 46.5 cm³/mol. The molecule has 2 heterocycles. The lowest BCUT2D eigenvalue weighted by molar-refractivity contribution is 0.935. The second kappa shape index (κ2) is 3.66. The average molecular weight is 165 g/mol. The largest absolute Gasteiger partial charge is 0.382 e. The van der Waals surface area contributed by atoms with Crippen molar-refractivity contribution in [2.24, 2.45) is 0 Å². The van der Waals surface area contributed by atoms with E-state index in [0.29, 0.717) is 11.5 Å². The van der Waals surface area contributed by atoms with Gasteiger partial charge in [0.25, 0.3) is 0 Å². The summed E-state index contributed by atoms with van der Waals surface area (Å²) in [6, 6.07) is 3.44. The number of anilines is 1. The van der Waals surface area contributed by atoms with E-state index >= 15 is 0 Å². The molecular weight excluding hydrogens is 154 g/mol. The maximum Gasteiger partial charge on any atom is 0.177 e. The molecule has 5 heteroatoms. The highest BCUT2D eigenvalue weighted by Gasteiger charge is 1.93. The zero-order valence-corrected chi connectivity index (χ0v) is 7.10. The van der Waals surface area contributed by atoms with Gasteiger partial charge >= 0.3 is 0 Å². The molecule has 0 spiro atoms. The number of rotatable bonds is 0. The molecule has 2 aromatic rings. The van der Waals surface area contributed by atoms with Crippen molar-refractivity contribution >= 4 is 11.5 Å². The van der Waals surface area contributed by atoms with Crippen LogP contribution in [0.4, 0.5) is 5.82 Å². The van der Waals surface area contributed by atoms with E-state index in [2.05, 4.69) is 15.3 Å². The van der Waals surface area contributed by atoms with E-state index in [1.54, 1.807) is 12.1 Å². The summed E-state index contributed by atoms with van der Waals surface area (Å²) in [5.41, 5.74) is 6.10. The fraction of sp³-hybridized carbons (Fsp3) is 0.286. The van der Waals surface area contributed by atoms with Crippen LogP contribution in [0.1, 0.15) is 13.8 Å². The zero-order valence-electron chi connectivity index (χ0n) is 7.10. The molecule has 0 bridgehead atoms. The van der Waals surface area contributed by atoms with Crippen molar-refractivity contribution in [3.8, 4) is 0 Å². The Bertz CT molecular complexity index is 353. The van der Waals surface area contributed by atoms with Gasteiger partial charge in [-0.2, -0.15) is 4.52 Å². The van der Waals surface area contributed by atoms with Crippen molar-refractivity contribution in [3.63, 3.8) is 0 Å². The quantitative estimate of drug-likeness (QED) is 0.624. The molecule has 0 saturated heterocycles. The van der Waals surface area contributed by atoms with Crippen LogP contribution in [0.2, 0.25) is 0 Å². The van der Waals surface area contributed by atoms with E-state index in [9.17, 15) is 0 Å². The van der Waals surface area contributed by atoms with Gasteiger partial charge < -0.3 is 5.73 Å². The monoisotopic (exact) mass is 165 g/mol. The van der Waals surface area contributed by atoms with Gasteiger partial charge in [-0.15, -0.1) is 15.3 Å². The number of aromatic nitrogens is 4. The van der Waals surface area contributed by atoms with E-state index in [-0.39, 0.29) is 0 Å². The summed E-state index contributed by atoms with van der Waals surface area (Å²) in [5, 5.41) is 11.3. The smallest absolute Gasteiger partial charge is 0.177 e. The number of fused-ring (bicyclic) bond motifs is 1. The lowest BCUT2D eigenvalue weighted by Crippen LogP contribution is -1.95. The van der Waals surface area contributed by atoms with Gasteiger partial charge in [0.1, 0.15) is 12.1 Å². The maximum absolute atomic E-state index is 5.40. The first-order valence-corrected chi connectivity index (χ1v) is 3.79. The van der Waals surface area contributed by atoms with Crippen LogP contribution in [0.3, 0.4) is 0 Å². The Morgan fingerprint density at radius 3 is 2.83 bits per heavy atom. The summed E-state index contributed by atoms with van der Waals surface area (Å²) >= 11 is 0. The second-order valence-electron chi connectivity index (χ2n) is 1.89. The van der Waals surface area contributed by atoms with Crippen LogP contribution in [0.15, 0.2) is 18.5 Å². The molecule has 2 N–H and O–H groups in total. The fourth-order valence-corrected chi connectivity index (χ4v) is 0.743. The molecule has 64 valence electrons. The number of nitrogens with zero attached hydrogens (tertiary/aromatic N) is 4. The fourth-order valence-electron chi connectivity index (χ4n) is 0.743. The Kier molecular flexibility index (Phi) is 2.57. The first-order chi connectivity index (χ1) is 5.86. The van der Waals surface area contributed by atoms with Crippen molar-refractivity contribution in [2.75, 3.05) is 5.73 Å². The van der Waals surface area contributed by atoms with Crippen LogP contribution in [-0.4, -0.2) is 19.8 Å². The van der Waals surface area contributed by atoms with Crippen molar-refractivity contribution in [1.82, 2.24) is 19.8 Å². The highest BCUT2D eigenvalue weighted by molar-refractivity contribution is 5.39. The van der Waals surface area contributed by atoms with Gasteiger partial charge in [-0.25, -0.2) is 0 Å². The molecule has 0 fully saturated rings. The summed E-state index contributed by atoms with van der Waals surface area (Å²) in [6.45, 7) is 4.00. The van der Waals surface area contributed by atoms with Crippen molar-refractivity contribution in [1.29, 1.82) is 0 Å².